The van der Waals surface area contributed by atoms with Crippen LogP contribution in [0.15, 0.2) is 64.2 Å². The van der Waals surface area contributed by atoms with E-state index in [1.807, 2.05) is 30.3 Å². The van der Waals surface area contributed by atoms with Crippen LogP contribution in [0.5, 0.6) is 11.5 Å². The molecule has 1 aromatic heterocycles. The van der Waals surface area contributed by atoms with Crippen molar-refractivity contribution in [2.24, 2.45) is 14.1 Å². The number of aromatic nitrogens is 2. The SMILES string of the molecule is Cn1c2c(c(=O)n(C)c1=O)[C@H](c1cccc(Oc3ccccc3)c1)NC(=O)N2. The molecule has 0 aliphatic carbocycles. The highest BCUT2D eigenvalue weighted by Crippen LogP contribution is 2.31. The van der Waals surface area contributed by atoms with Crippen LogP contribution in [0.4, 0.5) is 10.6 Å². The molecular weight excluding hydrogens is 360 g/mol. The van der Waals surface area contributed by atoms with Gasteiger partial charge in [0.2, 0.25) is 0 Å². The van der Waals surface area contributed by atoms with E-state index in [0.29, 0.717) is 22.6 Å². The predicted octanol–water partition coefficient (Wildman–Crippen LogP) is 2.10. The highest BCUT2D eigenvalue weighted by molar-refractivity contribution is 5.92. The summed E-state index contributed by atoms with van der Waals surface area (Å²) in [6.45, 7) is 0. The molecule has 2 aromatic carbocycles. The van der Waals surface area contributed by atoms with Crippen molar-refractivity contribution in [1.29, 1.82) is 0 Å². The summed E-state index contributed by atoms with van der Waals surface area (Å²) in [6.07, 6.45) is 0. The summed E-state index contributed by atoms with van der Waals surface area (Å²) >= 11 is 0. The Kier molecular flexibility index (Phi) is 4.23. The molecule has 0 spiro atoms. The maximum atomic E-state index is 12.8. The Balaban J connectivity index is 1.81. The van der Waals surface area contributed by atoms with Gasteiger partial charge in [-0.1, -0.05) is 30.3 Å². The van der Waals surface area contributed by atoms with Crippen LogP contribution in [0.25, 0.3) is 0 Å². The molecule has 0 saturated heterocycles. The molecule has 1 aliphatic heterocycles. The van der Waals surface area contributed by atoms with E-state index >= 15 is 0 Å². The van der Waals surface area contributed by atoms with E-state index in [1.165, 1.54) is 18.7 Å². The van der Waals surface area contributed by atoms with Gasteiger partial charge in [0.25, 0.3) is 5.56 Å². The Morgan fingerprint density at radius 2 is 1.61 bits per heavy atom. The van der Waals surface area contributed by atoms with Gasteiger partial charge in [-0.25, -0.2) is 9.59 Å². The maximum Gasteiger partial charge on any atom is 0.332 e. The van der Waals surface area contributed by atoms with Crippen LogP contribution in [-0.2, 0) is 14.1 Å². The molecular formula is C20H18N4O4. The largest absolute Gasteiger partial charge is 0.457 e. The number of carbonyl (C=O) groups excluding carboxylic acids is 1. The summed E-state index contributed by atoms with van der Waals surface area (Å²) in [6, 6.07) is 15.2. The Morgan fingerprint density at radius 3 is 2.36 bits per heavy atom. The zero-order valence-electron chi connectivity index (χ0n) is 15.3. The van der Waals surface area contributed by atoms with Gasteiger partial charge < -0.3 is 10.1 Å². The summed E-state index contributed by atoms with van der Waals surface area (Å²) in [5.41, 5.74) is -0.0165. The first-order valence-corrected chi connectivity index (χ1v) is 8.66. The molecule has 8 heteroatoms. The van der Waals surface area contributed by atoms with Crippen molar-refractivity contribution in [2.75, 3.05) is 5.32 Å². The Morgan fingerprint density at radius 1 is 0.893 bits per heavy atom. The highest BCUT2D eigenvalue weighted by Gasteiger charge is 2.31. The fourth-order valence-electron chi connectivity index (χ4n) is 3.26. The molecule has 4 rings (SSSR count). The molecule has 142 valence electrons. The number of hydrogen-bond donors (Lipinski definition) is 2. The number of amides is 2. The number of benzene rings is 2. The minimum absolute atomic E-state index is 0.191. The van der Waals surface area contributed by atoms with Gasteiger partial charge in [-0.2, -0.15) is 0 Å². The fraction of sp³-hybridized carbons (Fsp3) is 0.150. The molecule has 0 unspecified atom stereocenters. The van der Waals surface area contributed by atoms with Crippen molar-refractivity contribution >= 4 is 11.8 Å². The van der Waals surface area contributed by atoms with Gasteiger partial charge in [-0.05, 0) is 29.8 Å². The van der Waals surface area contributed by atoms with E-state index in [2.05, 4.69) is 10.6 Å². The van der Waals surface area contributed by atoms with Gasteiger partial charge in [0, 0.05) is 14.1 Å². The molecule has 28 heavy (non-hydrogen) atoms. The van der Waals surface area contributed by atoms with Crippen LogP contribution in [0.3, 0.4) is 0 Å². The highest BCUT2D eigenvalue weighted by atomic mass is 16.5. The Labute approximate surface area is 160 Å². The molecule has 0 bridgehead atoms. The maximum absolute atomic E-state index is 12.8. The number of anilines is 1. The second-order valence-electron chi connectivity index (χ2n) is 6.49. The lowest BCUT2D eigenvalue weighted by atomic mass is 9.98. The minimum Gasteiger partial charge on any atom is -0.457 e. The van der Waals surface area contributed by atoms with Crippen LogP contribution >= 0.6 is 0 Å². The summed E-state index contributed by atoms with van der Waals surface area (Å²) in [4.78, 5) is 37.2. The predicted molar refractivity (Wildman–Crippen MR) is 104 cm³/mol. The van der Waals surface area contributed by atoms with Crippen molar-refractivity contribution in [3.63, 3.8) is 0 Å². The average molecular weight is 378 g/mol. The number of nitrogens with one attached hydrogen (secondary N) is 2. The number of hydrogen-bond acceptors (Lipinski definition) is 4. The number of fused-ring (bicyclic) bond motifs is 1. The lowest BCUT2D eigenvalue weighted by Gasteiger charge is -2.28. The lowest BCUT2D eigenvalue weighted by molar-refractivity contribution is 0.248. The van der Waals surface area contributed by atoms with Crippen LogP contribution in [0.2, 0.25) is 0 Å². The smallest absolute Gasteiger partial charge is 0.332 e. The third-order valence-electron chi connectivity index (χ3n) is 4.67. The second kappa shape index (κ2) is 6.73. The lowest BCUT2D eigenvalue weighted by Crippen LogP contribution is -2.49. The monoisotopic (exact) mass is 378 g/mol. The Hall–Kier alpha value is -3.81. The van der Waals surface area contributed by atoms with Crippen LogP contribution in [-0.4, -0.2) is 15.2 Å². The molecule has 1 aliphatic rings. The molecule has 1 atom stereocenters. The van der Waals surface area contributed by atoms with Gasteiger partial charge in [0.15, 0.2) is 0 Å². The van der Waals surface area contributed by atoms with E-state index < -0.39 is 23.3 Å². The normalized spacial score (nSPS) is 15.4. The number of carbonyl (C=O) groups is 1. The van der Waals surface area contributed by atoms with Gasteiger partial charge in [-0.3, -0.25) is 19.2 Å². The van der Waals surface area contributed by atoms with Crippen LogP contribution in [0.1, 0.15) is 17.2 Å². The minimum atomic E-state index is -0.714. The Bertz CT molecular complexity index is 1180. The van der Waals surface area contributed by atoms with Crippen LogP contribution in [0, 0.1) is 0 Å². The zero-order valence-corrected chi connectivity index (χ0v) is 15.3. The third kappa shape index (κ3) is 2.94. The zero-order chi connectivity index (χ0) is 19.8. The first kappa shape index (κ1) is 17.6. The summed E-state index contributed by atoms with van der Waals surface area (Å²) in [5, 5.41) is 5.32. The molecule has 0 fully saturated rings. The van der Waals surface area contributed by atoms with E-state index in [9.17, 15) is 14.4 Å². The average Bonchev–Trinajstić information content (AvgIpc) is 2.71. The number of urea groups is 1. The molecule has 0 radical (unpaired) electrons. The van der Waals surface area contributed by atoms with E-state index in [1.54, 1.807) is 24.3 Å². The number of nitrogens with zero attached hydrogens (tertiary/aromatic N) is 2. The second-order valence-corrected chi connectivity index (χ2v) is 6.49. The first-order valence-electron chi connectivity index (χ1n) is 8.66. The number of ether oxygens (including phenoxy) is 1. The first-order chi connectivity index (χ1) is 13.5. The standard InChI is InChI=1S/C20H18N4O4/c1-23-17-15(18(25)24(2)20(23)27)16(21-19(26)22-17)12-7-6-10-14(11-12)28-13-8-4-3-5-9-13/h3-11,16H,1-2H3,(H2,21,22,26)/t16-/m0/s1. The van der Waals surface area contributed by atoms with E-state index in [0.717, 1.165) is 4.57 Å². The fourth-order valence-corrected chi connectivity index (χ4v) is 3.26. The van der Waals surface area contributed by atoms with Crippen molar-refractivity contribution in [1.82, 2.24) is 14.5 Å². The molecule has 3 aromatic rings. The quantitative estimate of drug-likeness (QED) is 0.730. The van der Waals surface area contributed by atoms with Gasteiger partial charge in [-0.15, -0.1) is 0 Å². The summed E-state index contributed by atoms with van der Waals surface area (Å²) in [5.74, 6) is 1.43. The van der Waals surface area contributed by atoms with Crippen molar-refractivity contribution in [3.05, 3.63) is 86.6 Å². The third-order valence-corrected chi connectivity index (χ3v) is 4.67. The molecule has 0 saturated carbocycles. The molecule has 2 N–H and O–H groups in total. The van der Waals surface area contributed by atoms with Crippen LogP contribution < -0.4 is 26.6 Å². The number of para-hydroxylation sites is 1. The molecule has 8 nitrogen and oxygen atoms in total. The van der Waals surface area contributed by atoms with Crippen molar-refractivity contribution in [2.45, 2.75) is 6.04 Å². The van der Waals surface area contributed by atoms with Gasteiger partial charge in [0.1, 0.15) is 17.3 Å². The van der Waals surface area contributed by atoms with E-state index in [-0.39, 0.29) is 5.82 Å². The molecule has 2 amide bonds. The number of rotatable bonds is 3. The van der Waals surface area contributed by atoms with Crippen molar-refractivity contribution in [3.8, 4) is 11.5 Å². The van der Waals surface area contributed by atoms with Crippen molar-refractivity contribution < 1.29 is 9.53 Å². The van der Waals surface area contributed by atoms with E-state index in [4.69, 9.17) is 4.74 Å². The van der Waals surface area contributed by atoms with Gasteiger partial charge in [0.05, 0.1) is 11.6 Å². The summed E-state index contributed by atoms with van der Waals surface area (Å²) < 4.78 is 8.13. The van der Waals surface area contributed by atoms with Gasteiger partial charge >= 0.3 is 11.7 Å². The summed E-state index contributed by atoms with van der Waals surface area (Å²) in [7, 11) is 2.92. The molecule has 2 heterocycles. The topological polar surface area (TPSA) is 94.4 Å².